The zero-order valence-electron chi connectivity index (χ0n) is 14.5. The number of aliphatic imine (C=N–C) groups is 1. The van der Waals surface area contributed by atoms with Crippen molar-refractivity contribution in [2.45, 2.75) is 19.3 Å². The van der Waals surface area contributed by atoms with E-state index in [4.69, 9.17) is 4.74 Å². The van der Waals surface area contributed by atoms with E-state index in [1.54, 1.807) is 0 Å². The van der Waals surface area contributed by atoms with Crippen molar-refractivity contribution in [1.82, 2.24) is 20.5 Å². The Kier molecular flexibility index (Phi) is 11.8. The second-order valence-electron chi connectivity index (χ2n) is 5.66. The summed E-state index contributed by atoms with van der Waals surface area (Å²) >= 11 is 0. The first-order chi connectivity index (χ1) is 11.4. The number of guanidine groups is 1. The van der Waals surface area contributed by atoms with E-state index in [0.717, 1.165) is 70.4 Å². The average Bonchev–Trinajstić information content (AvgIpc) is 2.61. The van der Waals surface area contributed by atoms with Gasteiger partial charge in [0.25, 0.3) is 0 Å². The first-order valence-electron chi connectivity index (χ1n) is 8.53. The standard InChI is InChI=1S/C17H29N5O.HI/c1-18-17(21-10-7-16-6-2-3-8-19-16)20-9-4-5-11-22-12-14-23-15-13-22;/h2-3,6,8H,4-5,7,9-15H2,1H3,(H2,18,20,21);1H. The minimum absolute atomic E-state index is 0. The summed E-state index contributed by atoms with van der Waals surface area (Å²) in [5, 5.41) is 6.70. The molecule has 6 nitrogen and oxygen atoms in total. The number of hydrogen-bond donors (Lipinski definition) is 2. The molecule has 2 rings (SSSR count). The second-order valence-corrected chi connectivity index (χ2v) is 5.66. The summed E-state index contributed by atoms with van der Waals surface area (Å²) in [6.45, 7) is 6.86. The molecule has 0 saturated carbocycles. The van der Waals surface area contributed by atoms with Crippen molar-refractivity contribution in [2.75, 3.05) is 53.0 Å². The van der Waals surface area contributed by atoms with Crippen molar-refractivity contribution in [3.63, 3.8) is 0 Å². The van der Waals surface area contributed by atoms with Crippen molar-refractivity contribution in [3.05, 3.63) is 30.1 Å². The molecule has 1 aliphatic heterocycles. The lowest BCUT2D eigenvalue weighted by atomic mass is 10.2. The first kappa shape index (κ1) is 21.1. The van der Waals surface area contributed by atoms with E-state index in [1.807, 2.05) is 31.4 Å². The Hall–Kier alpha value is -0.930. The van der Waals surface area contributed by atoms with E-state index >= 15 is 0 Å². The number of hydrogen-bond acceptors (Lipinski definition) is 4. The molecular formula is C17H30IN5O. The van der Waals surface area contributed by atoms with Crippen molar-refractivity contribution in [2.24, 2.45) is 4.99 Å². The molecule has 0 spiro atoms. The highest BCUT2D eigenvalue weighted by atomic mass is 127. The molecule has 2 N–H and O–H groups in total. The third-order valence-electron chi connectivity index (χ3n) is 3.92. The molecule has 1 aromatic heterocycles. The number of ether oxygens (including phenoxy) is 1. The lowest BCUT2D eigenvalue weighted by molar-refractivity contribution is 0.0372. The van der Waals surface area contributed by atoms with Crippen LogP contribution in [0, 0.1) is 0 Å². The van der Waals surface area contributed by atoms with E-state index in [9.17, 15) is 0 Å². The third-order valence-corrected chi connectivity index (χ3v) is 3.92. The van der Waals surface area contributed by atoms with Gasteiger partial charge in [-0.2, -0.15) is 0 Å². The second kappa shape index (κ2) is 13.4. The SMILES string of the molecule is CN=C(NCCCCN1CCOCC1)NCCc1ccccn1.I. The van der Waals surface area contributed by atoms with Gasteiger partial charge in [-0.3, -0.25) is 14.9 Å². The molecule has 1 saturated heterocycles. The van der Waals surface area contributed by atoms with Gasteiger partial charge in [0.05, 0.1) is 13.2 Å². The predicted molar refractivity (Wildman–Crippen MR) is 109 cm³/mol. The van der Waals surface area contributed by atoms with Gasteiger partial charge in [0.2, 0.25) is 0 Å². The van der Waals surface area contributed by atoms with Crippen LogP contribution in [0.3, 0.4) is 0 Å². The number of halogens is 1. The number of unbranched alkanes of at least 4 members (excludes halogenated alkanes) is 1. The minimum Gasteiger partial charge on any atom is -0.379 e. The number of rotatable bonds is 8. The van der Waals surface area contributed by atoms with Crippen LogP contribution in [0.2, 0.25) is 0 Å². The molecule has 7 heteroatoms. The average molecular weight is 447 g/mol. The number of aromatic nitrogens is 1. The minimum atomic E-state index is 0. The van der Waals surface area contributed by atoms with Crippen LogP contribution in [0.15, 0.2) is 29.4 Å². The molecule has 0 aliphatic carbocycles. The van der Waals surface area contributed by atoms with E-state index in [0.29, 0.717) is 0 Å². The summed E-state index contributed by atoms with van der Waals surface area (Å²) < 4.78 is 5.36. The van der Waals surface area contributed by atoms with Crippen molar-refractivity contribution in [3.8, 4) is 0 Å². The molecule has 1 aliphatic rings. The van der Waals surface area contributed by atoms with Gasteiger partial charge in [-0.15, -0.1) is 24.0 Å². The van der Waals surface area contributed by atoms with Crippen LogP contribution in [-0.2, 0) is 11.2 Å². The van der Waals surface area contributed by atoms with Crippen molar-refractivity contribution < 1.29 is 4.74 Å². The highest BCUT2D eigenvalue weighted by molar-refractivity contribution is 14.0. The molecule has 1 fully saturated rings. The molecule has 1 aromatic rings. The zero-order valence-corrected chi connectivity index (χ0v) is 16.9. The van der Waals surface area contributed by atoms with E-state index in [2.05, 4.69) is 25.5 Å². The van der Waals surface area contributed by atoms with E-state index in [-0.39, 0.29) is 24.0 Å². The van der Waals surface area contributed by atoms with Gasteiger partial charge < -0.3 is 15.4 Å². The molecule has 0 amide bonds. The summed E-state index contributed by atoms with van der Waals surface area (Å²) in [4.78, 5) is 11.0. The van der Waals surface area contributed by atoms with Gasteiger partial charge in [-0.25, -0.2) is 0 Å². The Balaban J connectivity index is 0.00000288. The Bertz CT molecular complexity index is 452. The smallest absolute Gasteiger partial charge is 0.190 e. The number of nitrogens with one attached hydrogen (secondary N) is 2. The fourth-order valence-electron chi connectivity index (χ4n) is 2.57. The predicted octanol–water partition coefficient (Wildman–Crippen LogP) is 1.52. The van der Waals surface area contributed by atoms with Gasteiger partial charge in [0.1, 0.15) is 0 Å². The summed E-state index contributed by atoms with van der Waals surface area (Å²) in [5.74, 6) is 0.868. The fourth-order valence-corrected chi connectivity index (χ4v) is 2.57. The molecule has 0 radical (unpaired) electrons. The fraction of sp³-hybridized carbons (Fsp3) is 0.647. The van der Waals surface area contributed by atoms with Crippen LogP contribution in [-0.4, -0.2) is 68.8 Å². The van der Waals surface area contributed by atoms with Crippen LogP contribution < -0.4 is 10.6 Å². The maximum Gasteiger partial charge on any atom is 0.190 e. The largest absolute Gasteiger partial charge is 0.379 e. The molecule has 136 valence electrons. The summed E-state index contributed by atoms with van der Waals surface area (Å²) in [6, 6.07) is 6.00. The Labute approximate surface area is 162 Å². The van der Waals surface area contributed by atoms with Gasteiger partial charge in [-0.1, -0.05) is 6.07 Å². The highest BCUT2D eigenvalue weighted by Gasteiger charge is 2.08. The summed E-state index contributed by atoms with van der Waals surface area (Å²) in [6.07, 6.45) is 5.09. The lowest BCUT2D eigenvalue weighted by Crippen LogP contribution is -2.39. The van der Waals surface area contributed by atoms with Gasteiger partial charge in [-0.05, 0) is 31.5 Å². The Morgan fingerprint density at radius 2 is 2.00 bits per heavy atom. The Morgan fingerprint density at radius 1 is 1.21 bits per heavy atom. The first-order valence-corrected chi connectivity index (χ1v) is 8.53. The van der Waals surface area contributed by atoms with Crippen LogP contribution >= 0.6 is 24.0 Å². The molecule has 0 aromatic carbocycles. The Morgan fingerprint density at radius 3 is 2.71 bits per heavy atom. The maximum atomic E-state index is 5.36. The molecule has 0 bridgehead atoms. The summed E-state index contributed by atoms with van der Waals surface area (Å²) in [5.41, 5.74) is 1.10. The third kappa shape index (κ3) is 8.79. The molecule has 2 heterocycles. The van der Waals surface area contributed by atoms with E-state index in [1.165, 1.54) is 6.42 Å². The zero-order chi connectivity index (χ0) is 16.2. The molecule has 0 unspecified atom stereocenters. The lowest BCUT2D eigenvalue weighted by Gasteiger charge is -2.26. The summed E-state index contributed by atoms with van der Waals surface area (Å²) in [7, 11) is 1.81. The molecule has 0 atom stereocenters. The normalized spacial score (nSPS) is 15.6. The van der Waals surface area contributed by atoms with E-state index < -0.39 is 0 Å². The van der Waals surface area contributed by atoms with Crippen LogP contribution in [0.25, 0.3) is 0 Å². The van der Waals surface area contributed by atoms with Gasteiger partial charge in [0.15, 0.2) is 5.96 Å². The maximum absolute atomic E-state index is 5.36. The van der Waals surface area contributed by atoms with Crippen LogP contribution in [0.1, 0.15) is 18.5 Å². The topological polar surface area (TPSA) is 61.8 Å². The number of pyridine rings is 1. The quantitative estimate of drug-likeness (QED) is 0.274. The molecular weight excluding hydrogens is 417 g/mol. The number of morpholine rings is 1. The van der Waals surface area contributed by atoms with Crippen LogP contribution in [0.5, 0.6) is 0 Å². The van der Waals surface area contributed by atoms with Crippen molar-refractivity contribution in [1.29, 1.82) is 0 Å². The molecule has 24 heavy (non-hydrogen) atoms. The van der Waals surface area contributed by atoms with Gasteiger partial charge in [0, 0.05) is 51.5 Å². The number of nitrogens with zero attached hydrogens (tertiary/aromatic N) is 3. The van der Waals surface area contributed by atoms with Gasteiger partial charge >= 0.3 is 0 Å². The van der Waals surface area contributed by atoms with Crippen LogP contribution in [0.4, 0.5) is 0 Å². The monoisotopic (exact) mass is 447 g/mol. The van der Waals surface area contributed by atoms with Crippen molar-refractivity contribution >= 4 is 29.9 Å². The highest BCUT2D eigenvalue weighted by Crippen LogP contribution is 1.99.